The number of piperazine rings is 2. The Hall–Kier alpha value is -5.75. The highest BCUT2D eigenvalue weighted by Gasteiger charge is 2.22. The van der Waals surface area contributed by atoms with Crippen LogP contribution in [0.5, 0.6) is 11.5 Å². The predicted molar refractivity (Wildman–Crippen MR) is 250 cm³/mol. The van der Waals surface area contributed by atoms with Gasteiger partial charge in [0.05, 0.1) is 25.3 Å². The van der Waals surface area contributed by atoms with E-state index in [2.05, 4.69) is 25.1 Å². The van der Waals surface area contributed by atoms with E-state index in [1.165, 1.54) is 7.11 Å². The molecular weight excluding hydrogens is 841 g/mol. The van der Waals surface area contributed by atoms with E-state index in [0.717, 1.165) is 68.5 Å². The standard InChI is InChI=1S/C27H29ClFN3O2.C23H23ClFN3O/c1-3-5-25(33)32-14-12-31(13-15-32)24-11-8-19(18-30-24)16-21-9-10-23(34-2)26(27(21)29)20-6-4-7-22(28)17-20;1-29-20-7-6-18(23(25)22(20)17-3-2-4-19(24)14-17)13-16-5-8-21(27-15-16)28-11-9-26-10-12-28/h4,6-11,17-18H,3,5,12-16H2,1-2H3;2-8,14-15,26H,9-13H2,1H3. The van der Waals surface area contributed by atoms with Gasteiger partial charge in [-0.2, -0.15) is 0 Å². The van der Waals surface area contributed by atoms with E-state index in [1.807, 2.05) is 60.5 Å². The van der Waals surface area contributed by atoms with E-state index in [0.29, 0.717) is 87.3 Å². The molecule has 9 nitrogen and oxygen atoms in total. The zero-order chi connectivity index (χ0) is 44.3. The fourth-order valence-corrected chi connectivity index (χ4v) is 8.33. The second kappa shape index (κ2) is 21.6. The van der Waals surface area contributed by atoms with Crippen molar-refractivity contribution in [2.45, 2.75) is 32.6 Å². The highest BCUT2D eigenvalue weighted by molar-refractivity contribution is 6.31. The van der Waals surface area contributed by atoms with Gasteiger partial charge in [-0.1, -0.05) is 78.7 Å². The van der Waals surface area contributed by atoms with Crippen LogP contribution in [0.15, 0.2) is 109 Å². The molecule has 13 heteroatoms. The molecule has 0 bridgehead atoms. The third-order valence-electron chi connectivity index (χ3n) is 11.3. The van der Waals surface area contributed by atoms with Gasteiger partial charge in [0.1, 0.15) is 34.8 Å². The topological polar surface area (TPSA) is 83.1 Å². The minimum Gasteiger partial charge on any atom is -0.496 e. The molecule has 0 spiro atoms. The highest BCUT2D eigenvalue weighted by atomic mass is 35.5. The lowest BCUT2D eigenvalue weighted by atomic mass is 9.97. The van der Waals surface area contributed by atoms with E-state index < -0.39 is 0 Å². The molecule has 0 saturated carbocycles. The number of hydrogen-bond donors (Lipinski definition) is 1. The van der Waals surface area contributed by atoms with Crippen molar-refractivity contribution in [1.82, 2.24) is 20.2 Å². The number of carbonyl (C=O) groups is 1. The summed E-state index contributed by atoms with van der Waals surface area (Å²) in [5.74, 6) is 2.40. The first-order valence-electron chi connectivity index (χ1n) is 21.3. The monoisotopic (exact) mass is 892 g/mol. The molecule has 1 N–H and O–H groups in total. The maximum atomic E-state index is 15.6. The zero-order valence-electron chi connectivity index (χ0n) is 35.9. The average molecular weight is 894 g/mol. The summed E-state index contributed by atoms with van der Waals surface area (Å²) in [6.45, 7) is 8.80. The predicted octanol–water partition coefficient (Wildman–Crippen LogP) is 10.1. The molecule has 2 aliphatic rings. The number of nitrogens with zero attached hydrogens (tertiary/aromatic N) is 5. The van der Waals surface area contributed by atoms with Crippen molar-refractivity contribution in [3.05, 3.63) is 153 Å². The number of halogens is 4. The summed E-state index contributed by atoms with van der Waals surface area (Å²) in [4.78, 5) is 27.7. The molecule has 2 aromatic heterocycles. The van der Waals surface area contributed by atoms with Crippen molar-refractivity contribution in [1.29, 1.82) is 0 Å². The third-order valence-corrected chi connectivity index (χ3v) is 11.8. The summed E-state index contributed by atoms with van der Waals surface area (Å²) in [6.07, 6.45) is 5.98. The van der Waals surface area contributed by atoms with Gasteiger partial charge in [0.15, 0.2) is 0 Å². The van der Waals surface area contributed by atoms with Crippen LogP contribution in [0.3, 0.4) is 0 Å². The van der Waals surface area contributed by atoms with Crippen molar-refractivity contribution in [3.63, 3.8) is 0 Å². The SMILES string of the molecule is CCCC(=O)N1CCN(c2ccc(Cc3ccc(OC)c(-c4cccc(Cl)c4)c3F)cn2)CC1.COc1ccc(Cc2ccc(N3CCNCC3)nc2)c(F)c1-c1cccc(Cl)c1. The molecule has 8 rings (SSSR count). The van der Waals surface area contributed by atoms with Crippen LogP contribution in [0.4, 0.5) is 20.4 Å². The molecule has 0 radical (unpaired) electrons. The fraction of sp³-hybridized carbons (Fsp3) is 0.300. The Labute approximate surface area is 378 Å². The molecule has 63 heavy (non-hydrogen) atoms. The Bertz CT molecular complexity index is 2480. The summed E-state index contributed by atoms with van der Waals surface area (Å²) >= 11 is 12.2. The van der Waals surface area contributed by atoms with Crippen molar-refractivity contribution in [2.75, 3.05) is 76.4 Å². The normalized spacial score (nSPS) is 13.9. The highest BCUT2D eigenvalue weighted by Crippen LogP contribution is 2.38. The quantitative estimate of drug-likeness (QED) is 0.130. The number of ether oxygens (including phenoxy) is 2. The van der Waals surface area contributed by atoms with Crippen molar-refractivity contribution in [2.24, 2.45) is 0 Å². The van der Waals surface area contributed by atoms with E-state index in [9.17, 15) is 4.79 Å². The van der Waals surface area contributed by atoms with Gasteiger partial charge in [0, 0.05) is 94.1 Å². The van der Waals surface area contributed by atoms with Crippen LogP contribution in [0.1, 0.15) is 42.0 Å². The van der Waals surface area contributed by atoms with Crippen LogP contribution in [-0.4, -0.2) is 87.4 Å². The second-order valence-corrected chi connectivity index (χ2v) is 16.4. The number of rotatable bonds is 12. The van der Waals surface area contributed by atoms with Crippen molar-refractivity contribution in [3.8, 4) is 33.8 Å². The van der Waals surface area contributed by atoms with Gasteiger partial charge in [-0.15, -0.1) is 0 Å². The summed E-state index contributed by atoms with van der Waals surface area (Å²) < 4.78 is 41.8. The molecule has 2 fully saturated rings. The van der Waals surface area contributed by atoms with Crippen LogP contribution in [0.25, 0.3) is 22.3 Å². The molecule has 2 aliphatic heterocycles. The van der Waals surface area contributed by atoms with Crippen LogP contribution >= 0.6 is 23.2 Å². The fourth-order valence-electron chi connectivity index (χ4n) is 7.95. The number of pyridine rings is 2. The molecule has 1 amide bonds. The van der Waals surface area contributed by atoms with Crippen LogP contribution in [0.2, 0.25) is 10.0 Å². The maximum Gasteiger partial charge on any atom is 0.222 e. The van der Waals surface area contributed by atoms with E-state index in [-0.39, 0.29) is 17.5 Å². The molecule has 328 valence electrons. The number of nitrogens with one attached hydrogen (secondary N) is 1. The lowest BCUT2D eigenvalue weighted by molar-refractivity contribution is -0.131. The lowest BCUT2D eigenvalue weighted by Gasteiger charge is -2.35. The van der Waals surface area contributed by atoms with E-state index >= 15 is 8.78 Å². The second-order valence-electron chi connectivity index (χ2n) is 15.5. The van der Waals surface area contributed by atoms with Gasteiger partial charge in [-0.3, -0.25) is 4.79 Å². The Morgan fingerprint density at radius 3 is 1.54 bits per heavy atom. The van der Waals surface area contributed by atoms with Crippen LogP contribution in [-0.2, 0) is 17.6 Å². The number of amides is 1. The molecule has 6 aromatic rings. The first kappa shape index (κ1) is 45.3. The number of benzene rings is 4. The minimum atomic E-state index is -0.321. The first-order chi connectivity index (χ1) is 30.6. The zero-order valence-corrected chi connectivity index (χ0v) is 37.4. The Morgan fingerprint density at radius 1 is 0.651 bits per heavy atom. The van der Waals surface area contributed by atoms with Crippen LogP contribution in [0, 0.1) is 11.6 Å². The molecule has 4 aromatic carbocycles. The Kier molecular flexibility index (Phi) is 15.5. The lowest BCUT2D eigenvalue weighted by Crippen LogP contribution is -2.49. The minimum absolute atomic E-state index is 0.226. The van der Waals surface area contributed by atoms with Gasteiger partial charge in [-0.05, 0) is 88.3 Å². The Morgan fingerprint density at radius 2 is 1.13 bits per heavy atom. The first-order valence-corrected chi connectivity index (χ1v) is 22.0. The summed E-state index contributed by atoms with van der Waals surface area (Å²) in [5, 5.41) is 4.44. The number of hydrogen-bond acceptors (Lipinski definition) is 8. The Balaban J connectivity index is 0.000000191. The number of methoxy groups -OCH3 is 2. The van der Waals surface area contributed by atoms with Gasteiger partial charge in [0.2, 0.25) is 5.91 Å². The number of carbonyl (C=O) groups excluding carboxylic acids is 1. The summed E-state index contributed by atoms with van der Waals surface area (Å²) in [5.41, 5.74) is 5.24. The largest absolute Gasteiger partial charge is 0.496 e. The van der Waals surface area contributed by atoms with Crippen molar-refractivity contribution < 1.29 is 23.0 Å². The van der Waals surface area contributed by atoms with Gasteiger partial charge < -0.3 is 29.5 Å². The number of anilines is 2. The average Bonchev–Trinajstić information content (AvgIpc) is 3.31. The molecular formula is C50H52Cl2F2N6O3. The summed E-state index contributed by atoms with van der Waals surface area (Å²) in [6, 6.07) is 29.4. The van der Waals surface area contributed by atoms with Gasteiger partial charge >= 0.3 is 0 Å². The molecule has 2 saturated heterocycles. The summed E-state index contributed by atoms with van der Waals surface area (Å²) in [7, 11) is 3.08. The third kappa shape index (κ3) is 11.3. The molecule has 4 heterocycles. The molecule has 0 aliphatic carbocycles. The van der Waals surface area contributed by atoms with E-state index in [4.69, 9.17) is 32.7 Å². The van der Waals surface area contributed by atoms with Gasteiger partial charge in [0.25, 0.3) is 0 Å². The molecule has 0 atom stereocenters. The maximum absolute atomic E-state index is 15.6. The van der Waals surface area contributed by atoms with Crippen molar-refractivity contribution >= 4 is 40.7 Å². The smallest absolute Gasteiger partial charge is 0.222 e. The van der Waals surface area contributed by atoms with Gasteiger partial charge in [-0.25, -0.2) is 18.7 Å². The van der Waals surface area contributed by atoms with Crippen LogP contribution < -0.4 is 24.6 Å². The van der Waals surface area contributed by atoms with E-state index in [1.54, 1.807) is 67.9 Å². The number of aromatic nitrogens is 2. The molecule has 0 unspecified atom stereocenters.